The van der Waals surface area contributed by atoms with Crippen molar-refractivity contribution >= 4 is 11.8 Å². The van der Waals surface area contributed by atoms with E-state index in [0.29, 0.717) is 12.5 Å². The minimum atomic E-state index is -0.523. The molecule has 1 aliphatic heterocycles. The first-order valence-corrected chi connectivity index (χ1v) is 6.18. The lowest BCUT2D eigenvalue weighted by Gasteiger charge is -2.32. The summed E-state index contributed by atoms with van der Waals surface area (Å²) in [4.78, 5) is 25.0. The van der Waals surface area contributed by atoms with Crippen LogP contribution < -0.4 is 11.1 Å². The number of primary amides is 1. The summed E-state index contributed by atoms with van der Waals surface area (Å²) in [6.07, 6.45) is 1.81. The summed E-state index contributed by atoms with van der Waals surface area (Å²) in [5.74, 6) is -0.147. The van der Waals surface area contributed by atoms with Gasteiger partial charge in [0.2, 0.25) is 11.8 Å². The van der Waals surface area contributed by atoms with Crippen molar-refractivity contribution < 1.29 is 9.59 Å². The van der Waals surface area contributed by atoms with Gasteiger partial charge in [0.05, 0.1) is 12.1 Å². The van der Waals surface area contributed by atoms with Gasteiger partial charge in [0, 0.05) is 6.54 Å². The van der Waals surface area contributed by atoms with E-state index in [-0.39, 0.29) is 12.5 Å². The van der Waals surface area contributed by atoms with Crippen molar-refractivity contribution in [1.82, 2.24) is 10.2 Å². The predicted molar refractivity (Wildman–Crippen MR) is 66.3 cm³/mol. The Hall–Kier alpha value is -1.10. The fourth-order valence-electron chi connectivity index (χ4n) is 2.27. The van der Waals surface area contributed by atoms with Gasteiger partial charge in [0.1, 0.15) is 0 Å². The van der Waals surface area contributed by atoms with Gasteiger partial charge in [-0.3, -0.25) is 9.59 Å². The Bertz CT molecular complexity index is 296. The van der Waals surface area contributed by atoms with E-state index in [1.807, 2.05) is 20.8 Å². The van der Waals surface area contributed by atoms with Crippen LogP contribution in [0.1, 0.15) is 33.6 Å². The Morgan fingerprint density at radius 2 is 2.12 bits per heavy atom. The maximum atomic E-state index is 12.4. The first kappa shape index (κ1) is 14.0. The second kappa shape index (κ2) is 5.49. The highest BCUT2D eigenvalue weighted by Gasteiger charge is 2.39. The molecule has 98 valence electrons. The SMILES string of the molecule is CC(C)CN(CC(N)=O)C(=O)C1(C)CCCN1. The molecule has 5 heteroatoms. The highest BCUT2D eigenvalue weighted by molar-refractivity contribution is 5.90. The van der Waals surface area contributed by atoms with Crippen molar-refractivity contribution in [1.29, 1.82) is 0 Å². The zero-order valence-electron chi connectivity index (χ0n) is 11.0. The second-order valence-electron chi connectivity index (χ2n) is 5.41. The Kier molecular flexibility index (Phi) is 4.51. The van der Waals surface area contributed by atoms with E-state index in [4.69, 9.17) is 5.73 Å². The van der Waals surface area contributed by atoms with Crippen molar-refractivity contribution in [2.45, 2.75) is 39.2 Å². The molecule has 0 saturated carbocycles. The van der Waals surface area contributed by atoms with Crippen LogP contribution in [0.2, 0.25) is 0 Å². The minimum absolute atomic E-state index is 0.00822. The molecule has 1 fully saturated rings. The van der Waals surface area contributed by atoms with E-state index in [1.165, 1.54) is 0 Å². The predicted octanol–water partition coefficient (Wildman–Crippen LogP) is 0.0984. The molecule has 1 heterocycles. The molecule has 0 aromatic carbocycles. The van der Waals surface area contributed by atoms with Crippen LogP contribution in [0.5, 0.6) is 0 Å². The summed E-state index contributed by atoms with van der Waals surface area (Å²) < 4.78 is 0. The Morgan fingerprint density at radius 1 is 1.47 bits per heavy atom. The molecule has 5 nitrogen and oxygen atoms in total. The van der Waals surface area contributed by atoms with E-state index in [9.17, 15) is 9.59 Å². The molecule has 0 aromatic rings. The van der Waals surface area contributed by atoms with Crippen LogP contribution in [-0.2, 0) is 9.59 Å². The third-order valence-corrected chi connectivity index (χ3v) is 3.06. The van der Waals surface area contributed by atoms with Crippen molar-refractivity contribution in [2.24, 2.45) is 11.7 Å². The van der Waals surface area contributed by atoms with Crippen LogP contribution in [0.4, 0.5) is 0 Å². The zero-order chi connectivity index (χ0) is 13.1. The molecular formula is C12H23N3O2. The summed E-state index contributed by atoms with van der Waals surface area (Å²) in [6, 6.07) is 0. The molecule has 1 aliphatic rings. The van der Waals surface area contributed by atoms with Gasteiger partial charge in [-0.1, -0.05) is 13.8 Å². The van der Waals surface area contributed by atoms with Crippen LogP contribution in [0.25, 0.3) is 0 Å². The average Bonchev–Trinajstić information content (AvgIpc) is 2.63. The summed E-state index contributed by atoms with van der Waals surface area (Å²) in [5.41, 5.74) is 4.67. The van der Waals surface area contributed by atoms with Gasteiger partial charge in [-0.05, 0) is 32.2 Å². The number of rotatable bonds is 5. The Labute approximate surface area is 103 Å². The van der Waals surface area contributed by atoms with Crippen molar-refractivity contribution in [3.8, 4) is 0 Å². The number of hydrogen-bond acceptors (Lipinski definition) is 3. The van der Waals surface area contributed by atoms with Crippen LogP contribution in [-0.4, -0.2) is 41.9 Å². The maximum absolute atomic E-state index is 12.4. The molecule has 17 heavy (non-hydrogen) atoms. The molecule has 1 rings (SSSR count). The highest BCUT2D eigenvalue weighted by atomic mass is 16.2. The van der Waals surface area contributed by atoms with Gasteiger partial charge in [-0.25, -0.2) is 0 Å². The van der Waals surface area contributed by atoms with Gasteiger partial charge >= 0.3 is 0 Å². The first-order valence-electron chi connectivity index (χ1n) is 6.18. The van der Waals surface area contributed by atoms with E-state index in [2.05, 4.69) is 5.32 Å². The Balaban J connectivity index is 2.74. The van der Waals surface area contributed by atoms with E-state index < -0.39 is 11.4 Å². The minimum Gasteiger partial charge on any atom is -0.368 e. The fourth-order valence-corrected chi connectivity index (χ4v) is 2.27. The molecule has 0 aromatic heterocycles. The average molecular weight is 241 g/mol. The monoisotopic (exact) mass is 241 g/mol. The maximum Gasteiger partial charge on any atom is 0.243 e. The summed E-state index contributed by atoms with van der Waals surface area (Å²) >= 11 is 0. The van der Waals surface area contributed by atoms with Crippen LogP contribution in [0.15, 0.2) is 0 Å². The second-order valence-corrected chi connectivity index (χ2v) is 5.41. The molecule has 0 aliphatic carbocycles. The van der Waals surface area contributed by atoms with E-state index >= 15 is 0 Å². The fraction of sp³-hybridized carbons (Fsp3) is 0.833. The van der Waals surface area contributed by atoms with Gasteiger partial charge in [-0.15, -0.1) is 0 Å². The summed E-state index contributed by atoms with van der Waals surface area (Å²) in [6.45, 7) is 7.37. The molecule has 0 radical (unpaired) electrons. The molecule has 0 spiro atoms. The Morgan fingerprint density at radius 3 is 2.53 bits per heavy atom. The third-order valence-electron chi connectivity index (χ3n) is 3.06. The van der Waals surface area contributed by atoms with Crippen molar-refractivity contribution in [3.05, 3.63) is 0 Å². The van der Waals surface area contributed by atoms with Crippen LogP contribution >= 0.6 is 0 Å². The first-order chi connectivity index (χ1) is 7.85. The molecular weight excluding hydrogens is 218 g/mol. The number of nitrogens with zero attached hydrogens (tertiary/aromatic N) is 1. The van der Waals surface area contributed by atoms with Gasteiger partial charge in [-0.2, -0.15) is 0 Å². The number of carbonyl (C=O) groups excluding carboxylic acids is 2. The lowest BCUT2D eigenvalue weighted by Crippen LogP contribution is -2.55. The number of hydrogen-bond donors (Lipinski definition) is 2. The zero-order valence-corrected chi connectivity index (χ0v) is 11.0. The standard InChI is InChI=1S/C12H23N3O2/c1-9(2)7-15(8-10(13)16)11(17)12(3)5-4-6-14-12/h9,14H,4-8H2,1-3H3,(H2,13,16). The van der Waals surface area contributed by atoms with Crippen LogP contribution in [0, 0.1) is 5.92 Å². The number of nitrogens with one attached hydrogen (secondary N) is 1. The quantitative estimate of drug-likeness (QED) is 0.716. The van der Waals surface area contributed by atoms with Crippen molar-refractivity contribution in [3.63, 3.8) is 0 Å². The van der Waals surface area contributed by atoms with Crippen molar-refractivity contribution in [2.75, 3.05) is 19.6 Å². The normalized spacial score (nSPS) is 24.0. The number of carbonyl (C=O) groups is 2. The third kappa shape index (κ3) is 3.70. The molecule has 2 amide bonds. The van der Waals surface area contributed by atoms with E-state index in [0.717, 1.165) is 19.4 Å². The highest BCUT2D eigenvalue weighted by Crippen LogP contribution is 2.21. The number of amides is 2. The molecule has 1 saturated heterocycles. The lowest BCUT2D eigenvalue weighted by atomic mass is 9.97. The topological polar surface area (TPSA) is 75.4 Å². The van der Waals surface area contributed by atoms with Gasteiger partial charge < -0.3 is 16.0 Å². The molecule has 1 atom stereocenters. The van der Waals surface area contributed by atoms with E-state index in [1.54, 1.807) is 4.90 Å². The largest absolute Gasteiger partial charge is 0.368 e. The lowest BCUT2D eigenvalue weighted by molar-refractivity contribution is -0.140. The van der Waals surface area contributed by atoms with Gasteiger partial charge in [0.15, 0.2) is 0 Å². The van der Waals surface area contributed by atoms with Crippen LogP contribution in [0.3, 0.4) is 0 Å². The number of nitrogens with two attached hydrogens (primary N) is 1. The molecule has 3 N–H and O–H groups in total. The molecule has 0 bridgehead atoms. The molecule has 1 unspecified atom stereocenters. The summed E-state index contributed by atoms with van der Waals surface area (Å²) in [7, 11) is 0. The summed E-state index contributed by atoms with van der Waals surface area (Å²) in [5, 5.41) is 3.22. The smallest absolute Gasteiger partial charge is 0.243 e. The van der Waals surface area contributed by atoms with Gasteiger partial charge in [0.25, 0.3) is 0 Å².